The molecule has 1 heterocycles. The molecule has 2 amide bonds. The van der Waals surface area contributed by atoms with Crippen LogP contribution in [0.25, 0.3) is 0 Å². The molecule has 23 heavy (non-hydrogen) atoms. The predicted octanol–water partition coefficient (Wildman–Crippen LogP) is 1.92. The quantitative estimate of drug-likeness (QED) is 0.889. The number of nitrogens with zero attached hydrogens (tertiary/aromatic N) is 1. The van der Waals surface area contributed by atoms with Gasteiger partial charge in [-0.2, -0.15) is 0 Å². The summed E-state index contributed by atoms with van der Waals surface area (Å²) in [6.45, 7) is 3.55. The van der Waals surface area contributed by atoms with E-state index < -0.39 is 6.10 Å². The maximum absolute atomic E-state index is 12.4. The molecule has 3 atom stereocenters. The first-order chi connectivity index (χ1) is 11.0. The van der Waals surface area contributed by atoms with Gasteiger partial charge in [0.15, 0.2) is 0 Å². The normalized spacial score (nSPS) is 25.6. The molecule has 126 valence electrons. The van der Waals surface area contributed by atoms with E-state index in [-0.39, 0.29) is 12.6 Å². The topological polar surface area (TPSA) is 71.0 Å². The lowest BCUT2D eigenvalue weighted by atomic mass is 9.95. The number of β-amino-alcohol motifs (C(OH)–C–C–N with tert-alkyl or cyclic N) is 1. The third-order valence-electron chi connectivity index (χ3n) is 4.87. The number of amides is 2. The van der Waals surface area contributed by atoms with Gasteiger partial charge >= 0.3 is 6.03 Å². The Hall–Kier alpha value is -1.95. The van der Waals surface area contributed by atoms with Crippen LogP contribution < -0.4 is 14.8 Å². The van der Waals surface area contributed by atoms with Crippen LogP contribution in [0.2, 0.25) is 0 Å². The smallest absolute Gasteiger partial charge is 0.317 e. The van der Waals surface area contributed by atoms with Crippen molar-refractivity contribution in [1.29, 1.82) is 0 Å². The van der Waals surface area contributed by atoms with E-state index in [1.165, 1.54) is 6.42 Å². The van der Waals surface area contributed by atoms with E-state index in [0.29, 0.717) is 42.0 Å². The van der Waals surface area contributed by atoms with Gasteiger partial charge in [-0.05, 0) is 30.4 Å². The van der Waals surface area contributed by atoms with Crippen molar-refractivity contribution in [3.8, 4) is 11.5 Å². The highest BCUT2D eigenvalue weighted by molar-refractivity contribution is 5.75. The molecule has 0 spiro atoms. The molecule has 0 bridgehead atoms. The standard InChI is InChI=1S/C17H24N2O4/c1-10-6-11(10)7-18-17(21)19-8-12-14(22-2)4-5-15(23-3)16(12)13(20)9-19/h4-5,10-11,13,20H,6-9H2,1-3H3,(H,18,21)/t10-,11+,13-/m1/s1. The number of aliphatic hydroxyl groups excluding tert-OH is 1. The highest BCUT2D eigenvalue weighted by Gasteiger charge is 2.35. The Kier molecular flexibility index (Phi) is 4.35. The Balaban J connectivity index is 1.77. The minimum Gasteiger partial charge on any atom is -0.496 e. The van der Waals surface area contributed by atoms with Gasteiger partial charge in [0, 0.05) is 17.7 Å². The van der Waals surface area contributed by atoms with Crippen molar-refractivity contribution in [2.75, 3.05) is 27.3 Å². The Morgan fingerprint density at radius 1 is 1.35 bits per heavy atom. The fourth-order valence-electron chi connectivity index (χ4n) is 3.24. The number of hydrogen-bond acceptors (Lipinski definition) is 4. The van der Waals surface area contributed by atoms with Gasteiger partial charge in [-0.25, -0.2) is 4.79 Å². The summed E-state index contributed by atoms with van der Waals surface area (Å²) in [4.78, 5) is 14.0. The molecule has 0 unspecified atom stereocenters. The van der Waals surface area contributed by atoms with Crippen LogP contribution in [0.5, 0.6) is 11.5 Å². The minimum atomic E-state index is -0.783. The predicted molar refractivity (Wildman–Crippen MR) is 85.6 cm³/mol. The first-order valence-corrected chi connectivity index (χ1v) is 7.99. The molecule has 0 aromatic heterocycles. The zero-order valence-corrected chi connectivity index (χ0v) is 13.8. The van der Waals surface area contributed by atoms with Gasteiger partial charge in [0.25, 0.3) is 0 Å². The lowest BCUT2D eigenvalue weighted by Crippen LogP contribution is -2.45. The maximum Gasteiger partial charge on any atom is 0.317 e. The van der Waals surface area contributed by atoms with E-state index in [1.54, 1.807) is 31.3 Å². The van der Waals surface area contributed by atoms with E-state index in [2.05, 4.69) is 12.2 Å². The number of benzene rings is 1. The van der Waals surface area contributed by atoms with Crippen LogP contribution in [0.1, 0.15) is 30.6 Å². The molecule has 6 nitrogen and oxygen atoms in total. The molecule has 1 aromatic rings. The van der Waals surface area contributed by atoms with Gasteiger partial charge in [0.05, 0.1) is 27.3 Å². The fraction of sp³-hybridized carbons (Fsp3) is 0.588. The average molecular weight is 320 g/mol. The molecule has 0 saturated heterocycles. The van der Waals surface area contributed by atoms with E-state index in [0.717, 1.165) is 5.56 Å². The maximum atomic E-state index is 12.4. The average Bonchev–Trinajstić information content (AvgIpc) is 3.26. The van der Waals surface area contributed by atoms with E-state index in [1.807, 2.05) is 0 Å². The summed E-state index contributed by atoms with van der Waals surface area (Å²) in [5.74, 6) is 2.58. The van der Waals surface area contributed by atoms with E-state index in [9.17, 15) is 9.90 Å². The summed E-state index contributed by atoms with van der Waals surface area (Å²) in [5.41, 5.74) is 1.52. The van der Waals surface area contributed by atoms with Crippen LogP contribution in [-0.2, 0) is 6.54 Å². The van der Waals surface area contributed by atoms with Gasteiger partial charge in [0.2, 0.25) is 0 Å². The van der Waals surface area contributed by atoms with Crippen molar-refractivity contribution in [2.45, 2.75) is 26.0 Å². The molecule has 0 radical (unpaired) electrons. The SMILES string of the molecule is COc1ccc(OC)c2c1CN(C(=O)NC[C@@H]1C[C@H]1C)C[C@H]2O. The van der Waals surface area contributed by atoms with Crippen LogP contribution in [0.3, 0.4) is 0 Å². The van der Waals surface area contributed by atoms with Gasteiger partial charge in [-0.15, -0.1) is 0 Å². The number of fused-ring (bicyclic) bond motifs is 1. The summed E-state index contributed by atoms with van der Waals surface area (Å²) in [6, 6.07) is 3.45. The molecule has 2 aliphatic rings. The van der Waals surface area contributed by atoms with Crippen LogP contribution in [0, 0.1) is 11.8 Å². The van der Waals surface area contributed by atoms with Crippen LogP contribution in [0.15, 0.2) is 12.1 Å². The van der Waals surface area contributed by atoms with E-state index >= 15 is 0 Å². The first-order valence-electron chi connectivity index (χ1n) is 7.99. The van der Waals surface area contributed by atoms with Gasteiger partial charge in [-0.3, -0.25) is 0 Å². The van der Waals surface area contributed by atoms with Crippen molar-refractivity contribution in [1.82, 2.24) is 10.2 Å². The number of methoxy groups -OCH3 is 2. The molecule has 3 rings (SSSR count). The molecule has 2 N–H and O–H groups in total. The van der Waals surface area contributed by atoms with Crippen LogP contribution in [-0.4, -0.2) is 43.3 Å². The van der Waals surface area contributed by atoms with Crippen LogP contribution in [0.4, 0.5) is 4.79 Å². The van der Waals surface area contributed by atoms with Crippen molar-refractivity contribution >= 4 is 6.03 Å². The highest BCUT2D eigenvalue weighted by atomic mass is 16.5. The summed E-state index contributed by atoms with van der Waals surface area (Å²) in [7, 11) is 3.16. The number of nitrogens with one attached hydrogen (secondary N) is 1. The molecule has 1 fully saturated rings. The molecule has 6 heteroatoms. The lowest BCUT2D eigenvalue weighted by Gasteiger charge is -2.34. The molecular formula is C17H24N2O4. The van der Waals surface area contributed by atoms with Crippen molar-refractivity contribution in [3.05, 3.63) is 23.3 Å². The largest absolute Gasteiger partial charge is 0.496 e. The zero-order valence-electron chi connectivity index (χ0n) is 13.8. The fourth-order valence-corrected chi connectivity index (χ4v) is 3.24. The Bertz CT molecular complexity index is 605. The van der Waals surface area contributed by atoms with E-state index in [4.69, 9.17) is 9.47 Å². The van der Waals surface area contributed by atoms with Gasteiger partial charge in [-0.1, -0.05) is 6.92 Å². The van der Waals surface area contributed by atoms with Crippen molar-refractivity contribution in [3.63, 3.8) is 0 Å². The number of hydrogen-bond donors (Lipinski definition) is 2. The summed E-state index contributed by atoms with van der Waals surface area (Å²) >= 11 is 0. The van der Waals surface area contributed by atoms with Gasteiger partial charge < -0.3 is 24.8 Å². The second-order valence-electron chi connectivity index (χ2n) is 6.42. The minimum absolute atomic E-state index is 0.140. The summed E-state index contributed by atoms with van der Waals surface area (Å²) < 4.78 is 10.7. The van der Waals surface area contributed by atoms with Crippen molar-refractivity contribution in [2.24, 2.45) is 11.8 Å². The molecule has 1 aromatic carbocycles. The molecule has 1 aliphatic heterocycles. The molecule has 1 aliphatic carbocycles. The third kappa shape index (κ3) is 3.08. The molecule has 1 saturated carbocycles. The number of urea groups is 1. The highest BCUT2D eigenvalue weighted by Crippen LogP contribution is 2.39. The van der Waals surface area contributed by atoms with Gasteiger partial charge in [0.1, 0.15) is 17.6 Å². The summed E-state index contributed by atoms with van der Waals surface area (Å²) in [5, 5.41) is 13.5. The monoisotopic (exact) mass is 320 g/mol. The second-order valence-corrected chi connectivity index (χ2v) is 6.42. The third-order valence-corrected chi connectivity index (χ3v) is 4.87. The molecular weight excluding hydrogens is 296 g/mol. The number of rotatable bonds is 4. The Labute approximate surface area is 136 Å². The lowest BCUT2D eigenvalue weighted by molar-refractivity contribution is 0.100. The number of carbonyl (C=O) groups is 1. The number of ether oxygens (including phenoxy) is 2. The number of carbonyl (C=O) groups excluding carboxylic acids is 1. The second kappa shape index (κ2) is 6.28. The summed E-state index contributed by atoms with van der Waals surface area (Å²) in [6.07, 6.45) is 0.394. The Morgan fingerprint density at radius 2 is 2.00 bits per heavy atom. The van der Waals surface area contributed by atoms with Crippen molar-refractivity contribution < 1.29 is 19.4 Å². The Morgan fingerprint density at radius 3 is 2.61 bits per heavy atom. The first kappa shape index (κ1) is 15.9. The van der Waals surface area contributed by atoms with Crippen LogP contribution >= 0.6 is 0 Å². The number of aliphatic hydroxyl groups is 1. The zero-order chi connectivity index (χ0) is 16.6.